The van der Waals surface area contributed by atoms with E-state index in [-0.39, 0.29) is 11.3 Å². The van der Waals surface area contributed by atoms with Crippen molar-refractivity contribution in [2.75, 3.05) is 11.5 Å². The zero-order valence-electron chi connectivity index (χ0n) is 14.1. The van der Waals surface area contributed by atoms with Gasteiger partial charge in [-0.1, -0.05) is 39.8 Å². The van der Waals surface area contributed by atoms with Crippen LogP contribution < -0.4 is 5.56 Å². The fourth-order valence-electron chi connectivity index (χ4n) is 2.54. The number of thioether (sulfide) groups is 1. The number of hydrogen-bond donors (Lipinski definition) is 0. The van der Waals surface area contributed by atoms with Gasteiger partial charge in [0.05, 0.1) is 21.6 Å². The normalized spacial score (nSPS) is 11.8. The summed E-state index contributed by atoms with van der Waals surface area (Å²) in [5.74, 6) is 0.300. The largest absolute Gasteiger partial charge is 0.287 e. The van der Waals surface area contributed by atoms with Gasteiger partial charge in [0.1, 0.15) is 0 Å². The Kier molecular flexibility index (Phi) is 5.84. The van der Waals surface area contributed by atoms with Crippen molar-refractivity contribution < 1.29 is 8.42 Å². The number of hydrogen-bond acceptors (Lipinski definition) is 5. The minimum absolute atomic E-state index is 0.0221. The van der Waals surface area contributed by atoms with Gasteiger partial charge in [0.15, 0.2) is 15.0 Å². The molecule has 0 radical (unpaired) electrons. The predicted molar refractivity (Wildman–Crippen MR) is 109 cm³/mol. The first-order valence-corrected chi connectivity index (χ1v) is 11.5. The van der Waals surface area contributed by atoms with Gasteiger partial charge in [-0.05, 0) is 43.3 Å². The average Bonchev–Trinajstić information content (AvgIpc) is 2.62. The van der Waals surface area contributed by atoms with Crippen LogP contribution in [0.5, 0.6) is 0 Å². The van der Waals surface area contributed by atoms with E-state index in [0.29, 0.717) is 33.3 Å². The second kappa shape index (κ2) is 7.94. The van der Waals surface area contributed by atoms with E-state index in [0.717, 1.165) is 4.47 Å². The molecule has 0 unspecified atom stereocenters. The first kappa shape index (κ1) is 19.1. The topological polar surface area (TPSA) is 69.0 Å². The minimum atomic E-state index is -3.38. The molecule has 0 aliphatic heterocycles. The minimum Gasteiger partial charge on any atom is -0.287 e. The molecule has 5 nitrogen and oxygen atoms in total. The van der Waals surface area contributed by atoms with Gasteiger partial charge >= 0.3 is 0 Å². The fourth-order valence-corrected chi connectivity index (χ4v) is 5.51. The molecule has 0 bridgehead atoms. The molecule has 0 fully saturated rings. The number of fused-ring (bicyclic) bond motifs is 1. The zero-order valence-corrected chi connectivity index (χ0v) is 17.3. The van der Waals surface area contributed by atoms with Crippen LogP contribution in [0.25, 0.3) is 10.9 Å². The Morgan fingerprint density at radius 1 is 1.12 bits per heavy atom. The Hall–Kier alpha value is -1.64. The fraction of sp³-hybridized carbons (Fsp3) is 0.222. The van der Waals surface area contributed by atoms with Crippen LogP contribution in [0.4, 0.5) is 0 Å². The molecular weight excluding hydrogens is 436 g/mol. The van der Waals surface area contributed by atoms with Gasteiger partial charge in [0.25, 0.3) is 5.56 Å². The Balaban J connectivity index is 1.81. The van der Waals surface area contributed by atoms with Crippen molar-refractivity contribution in [3.05, 3.63) is 63.4 Å². The monoisotopic (exact) mass is 452 g/mol. The smallest absolute Gasteiger partial charge is 0.262 e. The highest BCUT2D eigenvalue weighted by Gasteiger charge is 2.16. The lowest BCUT2D eigenvalue weighted by Crippen LogP contribution is -2.22. The summed E-state index contributed by atoms with van der Waals surface area (Å²) in [4.78, 5) is 17.4. The molecule has 0 amide bonds. The van der Waals surface area contributed by atoms with Crippen LogP contribution in [-0.2, 0) is 16.4 Å². The van der Waals surface area contributed by atoms with Crippen molar-refractivity contribution in [2.24, 2.45) is 0 Å². The van der Waals surface area contributed by atoms with Gasteiger partial charge in [-0.25, -0.2) is 13.4 Å². The van der Waals surface area contributed by atoms with Crippen molar-refractivity contribution in [3.8, 4) is 0 Å². The zero-order chi connectivity index (χ0) is 18.7. The molecule has 0 N–H and O–H groups in total. The molecule has 136 valence electrons. The van der Waals surface area contributed by atoms with Crippen molar-refractivity contribution in [1.29, 1.82) is 0 Å². The quantitative estimate of drug-likeness (QED) is 0.420. The molecule has 26 heavy (non-hydrogen) atoms. The molecule has 0 aliphatic rings. The third-order valence-electron chi connectivity index (χ3n) is 3.90. The van der Waals surface area contributed by atoms with Gasteiger partial charge < -0.3 is 0 Å². The van der Waals surface area contributed by atoms with E-state index in [9.17, 15) is 13.2 Å². The molecule has 1 heterocycles. The van der Waals surface area contributed by atoms with Crippen molar-refractivity contribution in [2.45, 2.75) is 23.5 Å². The van der Waals surface area contributed by atoms with Crippen LogP contribution in [0.1, 0.15) is 6.92 Å². The maximum absolute atomic E-state index is 12.6. The Morgan fingerprint density at radius 2 is 1.81 bits per heavy atom. The van der Waals surface area contributed by atoms with Gasteiger partial charge in [0.2, 0.25) is 0 Å². The van der Waals surface area contributed by atoms with Gasteiger partial charge in [-0.2, -0.15) is 0 Å². The van der Waals surface area contributed by atoms with Crippen LogP contribution in [-0.4, -0.2) is 29.5 Å². The van der Waals surface area contributed by atoms with Gasteiger partial charge in [-0.3, -0.25) is 9.36 Å². The maximum atomic E-state index is 12.6. The van der Waals surface area contributed by atoms with E-state index in [2.05, 4.69) is 20.9 Å². The Bertz CT molecular complexity index is 1090. The second-order valence-corrected chi connectivity index (χ2v) is 9.67. The number of rotatable bonds is 6. The molecule has 3 rings (SSSR count). The van der Waals surface area contributed by atoms with Crippen LogP contribution in [0, 0.1) is 0 Å². The standard InChI is InChI=1S/C18H17BrN2O3S2/c1-2-21-17(22)15-5-3-4-6-16(15)20-18(21)25-11-12-26(23,24)14-9-7-13(19)8-10-14/h3-10H,2,11-12H2,1H3. The molecule has 0 saturated heterocycles. The SMILES string of the molecule is CCn1c(SCCS(=O)(=O)c2ccc(Br)cc2)nc2ccccc2c1=O. The molecule has 1 aromatic heterocycles. The summed E-state index contributed by atoms with van der Waals surface area (Å²) in [6, 6.07) is 13.8. The van der Waals surface area contributed by atoms with Crippen molar-refractivity contribution in [1.82, 2.24) is 9.55 Å². The van der Waals surface area contributed by atoms with Gasteiger partial charge in [0, 0.05) is 16.8 Å². The summed E-state index contributed by atoms with van der Waals surface area (Å²) in [7, 11) is -3.38. The van der Waals surface area contributed by atoms with Crippen LogP contribution in [0.15, 0.2) is 67.9 Å². The molecule has 0 saturated carbocycles. The Labute approximate surface area is 164 Å². The lowest BCUT2D eigenvalue weighted by Gasteiger charge is -2.11. The van der Waals surface area contributed by atoms with E-state index >= 15 is 0 Å². The van der Waals surface area contributed by atoms with E-state index < -0.39 is 9.84 Å². The van der Waals surface area contributed by atoms with E-state index in [1.807, 2.05) is 19.1 Å². The first-order valence-electron chi connectivity index (χ1n) is 8.03. The first-order chi connectivity index (χ1) is 12.4. The number of nitrogens with zero attached hydrogens (tertiary/aromatic N) is 2. The summed E-state index contributed by atoms with van der Waals surface area (Å²) >= 11 is 4.59. The van der Waals surface area contributed by atoms with Crippen molar-refractivity contribution in [3.63, 3.8) is 0 Å². The van der Waals surface area contributed by atoms with E-state index in [1.54, 1.807) is 41.0 Å². The number of halogens is 1. The summed E-state index contributed by atoms with van der Waals surface area (Å²) < 4.78 is 27.3. The molecule has 0 atom stereocenters. The highest BCUT2D eigenvalue weighted by Crippen LogP contribution is 2.21. The molecule has 0 spiro atoms. The highest BCUT2D eigenvalue weighted by atomic mass is 79.9. The maximum Gasteiger partial charge on any atom is 0.262 e. The van der Waals surface area contributed by atoms with E-state index in [1.165, 1.54) is 11.8 Å². The average molecular weight is 453 g/mol. The molecule has 2 aromatic carbocycles. The number of benzene rings is 2. The summed E-state index contributed by atoms with van der Waals surface area (Å²) in [6.07, 6.45) is 0. The number of aromatic nitrogens is 2. The number of sulfone groups is 1. The summed E-state index contributed by atoms with van der Waals surface area (Å²) in [6.45, 7) is 2.36. The van der Waals surface area contributed by atoms with Crippen LogP contribution in [0.3, 0.4) is 0 Å². The molecule has 0 aliphatic carbocycles. The summed E-state index contributed by atoms with van der Waals surface area (Å²) in [5, 5.41) is 1.11. The molecule has 8 heteroatoms. The second-order valence-electron chi connectivity index (χ2n) is 5.58. The summed E-state index contributed by atoms with van der Waals surface area (Å²) in [5.41, 5.74) is 0.525. The lowest BCUT2D eigenvalue weighted by atomic mass is 10.2. The third-order valence-corrected chi connectivity index (χ3v) is 7.40. The third kappa shape index (κ3) is 4.02. The predicted octanol–water partition coefficient (Wildman–Crippen LogP) is 3.74. The highest BCUT2D eigenvalue weighted by molar-refractivity contribution is 9.10. The molecular formula is C18H17BrN2O3S2. The lowest BCUT2D eigenvalue weighted by molar-refractivity contribution is 0.597. The van der Waals surface area contributed by atoms with E-state index in [4.69, 9.17) is 0 Å². The molecule has 3 aromatic rings. The Morgan fingerprint density at radius 3 is 2.50 bits per heavy atom. The van der Waals surface area contributed by atoms with Crippen molar-refractivity contribution >= 4 is 48.4 Å². The number of para-hydroxylation sites is 1. The van der Waals surface area contributed by atoms with Crippen LogP contribution >= 0.6 is 27.7 Å². The van der Waals surface area contributed by atoms with Crippen LogP contribution in [0.2, 0.25) is 0 Å². The van der Waals surface area contributed by atoms with Gasteiger partial charge in [-0.15, -0.1) is 0 Å².